The Morgan fingerprint density at radius 1 is 1.25 bits per heavy atom. The second kappa shape index (κ2) is 5.17. The van der Waals surface area contributed by atoms with Crippen LogP contribution in [-0.2, 0) is 0 Å². The van der Waals surface area contributed by atoms with Crippen LogP contribution in [0.3, 0.4) is 0 Å². The van der Waals surface area contributed by atoms with Gasteiger partial charge in [0.1, 0.15) is 11.6 Å². The van der Waals surface area contributed by atoms with Crippen LogP contribution in [0, 0.1) is 12.7 Å². The van der Waals surface area contributed by atoms with Crippen molar-refractivity contribution in [3.8, 4) is 0 Å². The van der Waals surface area contributed by atoms with Gasteiger partial charge in [-0.05, 0) is 18.6 Å². The number of nitrogens with zero attached hydrogens (tertiary/aromatic N) is 1. The van der Waals surface area contributed by atoms with Gasteiger partial charge in [0.25, 0.3) is 5.56 Å². The molecule has 1 aromatic heterocycles. The Morgan fingerprint density at radius 3 is 2.75 bits per heavy atom. The van der Waals surface area contributed by atoms with E-state index in [1.165, 1.54) is 12.1 Å². The number of aryl methyl sites for hydroxylation is 1. The number of nitrogens with one attached hydrogen (secondary N) is 2. The van der Waals surface area contributed by atoms with Crippen LogP contribution in [0.25, 0.3) is 0 Å². The summed E-state index contributed by atoms with van der Waals surface area (Å²) in [6.45, 7) is 3.15. The molecule has 2 atom stereocenters. The molecule has 3 rings (SSSR count). The maximum absolute atomic E-state index is 14.0. The lowest BCUT2D eigenvalue weighted by Crippen LogP contribution is -2.17. The lowest BCUT2D eigenvalue weighted by atomic mass is 9.86. The van der Waals surface area contributed by atoms with Crippen LogP contribution in [0.5, 0.6) is 0 Å². The molecule has 2 aromatic rings. The number of benzene rings is 1. The smallest absolute Gasteiger partial charge is 0.251 e. The molecule has 0 amide bonds. The first-order chi connectivity index (χ1) is 9.65. The highest BCUT2D eigenvalue weighted by atomic mass is 19.1. The summed E-state index contributed by atoms with van der Waals surface area (Å²) in [5.41, 5.74) is 1.25. The first-order valence-electron chi connectivity index (χ1n) is 6.68. The average Bonchev–Trinajstić information content (AvgIpc) is 2.87. The third-order valence-corrected chi connectivity index (χ3v) is 3.78. The average molecular weight is 273 g/mol. The minimum atomic E-state index is -0.201. The van der Waals surface area contributed by atoms with Crippen LogP contribution in [-0.4, -0.2) is 23.1 Å². The van der Waals surface area contributed by atoms with Gasteiger partial charge < -0.3 is 10.3 Å². The summed E-state index contributed by atoms with van der Waals surface area (Å²) in [5, 5.41) is 3.27. The molecule has 4 nitrogen and oxygen atoms in total. The zero-order valence-corrected chi connectivity index (χ0v) is 11.2. The zero-order chi connectivity index (χ0) is 14.1. The highest BCUT2D eigenvalue weighted by Crippen LogP contribution is 2.35. The maximum atomic E-state index is 14.0. The number of hydrogen-bond donors (Lipinski definition) is 2. The van der Waals surface area contributed by atoms with E-state index in [1.54, 1.807) is 19.1 Å². The van der Waals surface area contributed by atoms with Crippen LogP contribution in [0.2, 0.25) is 0 Å². The summed E-state index contributed by atoms with van der Waals surface area (Å²) >= 11 is 0. The molecule has 1 aliphatic heterocycles. The van der Waals surface area contributed by atoms with Gasteiger partial charge in [-0.3, -0.25) is 4.79 Å². The normalized spacial score (nSPS) is 22.1. The van der Waals surface area contributed by atoms with Gasteiger partial charge in [-0.1, -0.05) is 18.2 Å². The van der Waals surface area contributed by atoms with E-state index < -0.39 is 0 Å². The highest BCUT2D eigenvalue weighted by molar-refractivity contribution is 5.29. The maximum Gasteiger partial charge on any atom is 0.251 e. The predicted molar refractivity (Wildman–Crippen MR) is 74.3 cm³/mol. The van der Waals surface area contributed by atoms with Crippen molar-refractivity contribution in [1.82, 2.24) is 15.3 Å². The van der Waals surface area contributed by atoms with Crippen molar-refractivity contribution in [2.75, 3.05) is 13.1 Å². The SMILES string of the molecule is Cc1nc([C@H]2CNC[C@@H]2c2ccccc2F)cc(=O)[nH]1. The quantitative estimate of drug-likeness (QED) is 0.875. The molecule has 0 aliphatic carbocycles. The fraction of sp³-hybridized carbons (Fsp3) is 0.333. The van der Waals surface area contributed by atoms with Gasteiger partial charge in [0.15, 0.2) is 0 Å². The second-order valence-corrected chi connectivity index (χ2v) is 5.15. The van der Waals surface area contributed by atoms with Crippen molar-refractivity contribution in [2.24, 2.45) is 0 Å². The first-order valence-corrected chi connectivity index (χ1v) is 6.68. The number of hydrogen-bond acceptors (Lipinski definition) is 3. The van der Waals surface area contributed by atoms with Crippen molar-refractivity contribution in [3.05, 3.63) is 63.6 Å². The van der Waals surface area contributed by atoms with Crippen LogP contribution in [0.1, 0.15) is 28.9 Å². The highest BCUT2D eigenvalue weighted by Gasteiger charge is 2.32. The molecule has 0 bridgehead atoms. The fourth-order valence-corrected chi connectivity index (χ4v) is 2.88. The number of aromatic amines is 1. The van der Waals surface area contributed by atoms with E-state index in [2.05, 4.69) is 15.3 Å². The Morgan fingerprint density at radius 2 is 2.00 bits per heavy atom. The lowest BCUT2D eigenvalue weighted by molar-refractivity contribution is 0.563. The first kappa shape index (κ1) is 13.0. The molecule has 104 valence electrons. The van der Waals surface area contributed by atoms with Crippen molar-refractivity contribution >= 4 is 0 Å². The Kier molecular flexibility index (Phi) is 3.36. The van der Waals surface area contributed by atoms with Gasteiger partial charge in [0, 0.05) is 31.0 Å². The van der Waals surface area contributed by atoms with E-state index in [9.17, 15) is 9.18 Å². The van der Waals surface area contributed by atoms with Crippen molar-refractivity contribution in [3.63, 3.8) is 0 Å². The summed E-state index contributed by atoms with van der Waals surface area (Å²) < 4.78 is 14.0. The predicted octanol–water partition coefficient (Wildman–Crippen LogP) is 1.69. The molecule has 0 unspecified atom stereocenters. The Labute approximate surface area is 116 Å². The molecule has 20 heavy (non-hydrogen) atoms. The third-order valence-electron chi connectivity index (χ3n) is 3.78. The molecular formula is C15H16FN3O. The molecule has 0 spiro atoms. The van der Waals surface area contributed by atoms with Crippen molar-refractivity contribution in [2.45, 2.75) is 18.8 Å². The van der Waals surface area contributed by atoms with Gasteiger partial charge in [-0.25, -0.2) is 9.37 Å². The monoisotopic (exact) mass is 273 g/mol. The molecule has 1 aliphatic rings. The molecule has 5 heteroatoms. The summed E-state index contributed by atoms with van der Waals surface area (Å²) in [6, 6.07) is 8.32. The molecule has 1 saturated heterocycles. The van der Waals surface area contributed by atoms with E-state index in [0.29, 0.717) is 24.5 Å². The lowest BCUT2D eigenvalue weighted by Gasteiger charge is -2.19. The van der Waals surface area contributed by atoms with Crippen molar-refractivity contribution in [1.29, 1.82) is 0 Å². The number of aromatic nitrogens is 2. The van der Waals surface area contributed by atoms with E-state index >= 15 is 0 Å². The number of rotatable bonds is 2. The second-order valence-electron chi connectivity index (χ2n) is 5.15. The molecular weight excluding hydrogens is 257 g/mol. The van der Waals surface area contributed by atoms with Crippen LogP contribution >= 0.6 is 0 Å². The molecule has 2 N–H and O–H groups in total. The van der Waals surface area contributed by atoms with Crippen LogP contribution < -0.4 is 10.9 Å². The Balaban J connectivity index is 2.01. The van der Waals surface area contributed by atoms with E-state index in [1.807, 2.05) is 6.07 Å². The standard InChI is InChI=1S/C15H16FN3O/c1-9-18-14(6-15(20)19-9)12-8-17-7-11(12)10-4-2-3-5-13(10)16/h2-6,11-12,17H,7-8H2,1H3,(H,18,19,20)/t11-,12+/m1/s1. The topological polar surface area (TPSA) is 57.8 Å². The van der Waals surface area contributed by atoms with Gasteiger partial charge in [0.05, 0.1) is 5.69 Å². The third kappa shape index (κ3) is 2.36. The zero-order valence-electron chi connectivity index (χ0n) is 11.2. The number of halogens is 1. The van der Waals surface area contributed by atoms with E-state index in [4.69, 9.17) is 0 Å². The van der Waals surface area contributed by atoms with Crippen molar-refractivity contribution < 1.29 is 4.39 Å². The minimum absolute atomic E-state index is 0.00454. The Hall–Kier alpha value is -2.01. The largest absolute Gasteiger partial charge is 0.315 e. The van der Waals surface area contributed by atoms with E-state index in [-0.39, 0.29) is 23.2 Å². The summed E-state index contributed by atoms with van der Waals surface area (Å²) in [7, 11) is 0. The molecule has 1 fully saturated rings. The molecule has 1 aromatic carbocycles. The van der Waals surface area contributed by atoms with Gasteiger partial charge in [-0.15, -0.1) is 0 Å². The van der Waals surface area contributed by atoms with Crippen LogP contribution in [0.15, 0.2) is 35.1 Å². The fourth-order valence-electron chi connectivity index (χ4n) is 2.88. The van der Waals surface area contributed by atoms with Gasteiger partial charge in [0.2, 0.25) is 0 Å². The molecule has 0 radical (unpaired) electrons. The number of H-pyrrole nitrogens is 1. The summed E-state index contributed by atoms with van der Waals surface area (Å²) in [4.78, 5) is 18.6. The van der Waals surface area contributed by atoms with Gasteiger partial charge in [-0.2, -0.15) is 0 Å². The Bertz CT molecular complexity index is 683. The molecule has 0 saturated carbocycles. The van der Waals surface area contributed by atoms with E-state index in [0.717, 1.165) is 5.69 Å². The summed E-state index contributed by atoms with van der Waals surface area (Å²) in [6.07, 6.45) is 0. The minimum Gasteiger partial charge on any atom is -0.315 e. The van der Waals surface area contributed by atoms with Gasteiger partial charge >= 0.3 is 0 Å². The molecule has 2 heterocycles. The van der Waals surface area contributed by atoms with Crippen LogP contribution in [0.4, 0.5) is 4.39 Å². The summed E-state index contributed by atoms with van der Waals surface area (Å²) in [5.74, 6) is 0.414.